The molecule has 3 heterocycles. The molecular formula is C23H16N2O4S2. The van der Waals surface area contributed by atoms with E-state index >= 15 is 0 Å². The number of anilines is 1. The summed E-state index contributed by atoms with van der Waals surface area (Å²) >= 11 is 6.67. The van der Waals surface area contributed by atoms with Gasteiger partial charge < -0.3 is 14.2 Å². The number of hydrogen-bond donors (Lipinski definition) is 0. The van der Waals surface area contributed by atoms with Crippen LogP contribution in [-0.2, 0) is 11.4 Å². The average Bonchev–Trinajstić information content (AvgIpc) is 3.37. The molecule has 0 unspecified atom stereocenters. The molecule has 0 radical (unpaired) electrons. The summed E-state index contributed by atoms with van der Waals surface area (Å²) in [5, 5.41) is 0. The molecule has 1 saturated heterocycles. The highest BCUT2D eigenvalue weighted by molar-refractivity contribution is 8.27. The third kappa shape index (κ3) is 4.12. The fraction of sp³-hybridized carbons (Fsp3) is 0.0870. The normalized spacial score (nSPS) is 16.3. The highest BCUT2D eigenvalue weighted by Crippen LogP contribution is 2.36. The van der Waals surface area contributed by atoms with Crippen molar-refractivity contribution >= 4 is 46.0 Å². The van der Waals surface area contributed by atoms with Crippen LogP contribution < -0.4 is 19.1 Å². The predicted molar refractivity (Wildman–Crippen MR) is 123 cm³/mol. The van der Waals surface area contributed by atoms with E-state index in [9.17, 15) is 4.79 Å². The van der Waals surface area contributed by atoms with Crippen LogP contribution >= 0.6 is 24.0 Å². The molecule has 0 spiro atoms. The Morgan fingerprint density at radius 2 is 1.97 bits per heavy atom. The summed E-state index contributed by atoms with van der Waals surface area (Å²) in [6.45, 7) is 0.669. The van der Waals surface area contributed by atoms with Gasteiger partial charge in [0.15, 0.2) is 15.8 Å². The van der Waals surface area contributed by atoms with Gasteiger partial charge in [-0.1, -0.05) is 42.2 Å². The lowest BCUT2D eigenvalue weighted by atomic mass is 10.2. The first-order valence-corrected chi connectivity index (χ1v) is 10.7. The molecule has 0 atom stereocenters. The fourth-order valence-corrected chi connectivity index (χ4v) is 4.48. The average molecular weight is 449 g/mol. The van der Waals surface area contributed by atoms with Crippen LogP contribution in [0.25, 0.3) is 6.08 Å². The Hall–Kier alpha value is -3.36. The zero-order valence-corrected chi connectivity index (χ0v) is 17.8. The number of nitrogens with zero attached hydrogens (tertiary/aromatic N) is 2. The van der Waals surface area contributed by atoms with Crippen molar-refractivity contribution in [2.45, 2.75) is 6.61 Å². The molecule has 2 aromatic carbocycles. The van der Waals surface area contributed by atoms with Gasteiger partial charge in [0.05, 0.1) is 16.8 Å². The highest BCUT2D eigenvalue weighted by atomic mass is 32.2. The van der Waals surface area contributed by atoms with Crippen molar-refractivity contribution in [2.75, 3.05) is 11.7 Å². The number of thioether (sulfide) groups is 1. The Morgan fingerprint density at radius 1 is 1.13 bits per heavy atom. The van der Waals surface area contributed by atoms with Crippen LogP contribution in [0.4, 0.5) is 5.69 Å². The third-order valence-electron chi connectivity index (χ3n) is 4.72. The molecule has 5 rings (SSSR count). The third-order valence-corrected chi connectivity index (χ3v) is 6.02. The smallest absolute Gasteiger partial charge is 0.270 e. The second kappa shape index (κ2) is 8.41. The van der Waals surface area contributed by atoms with Gasteiger partial charge in [0.1, 0.15) is 12.4 Å². The number of carbonyl (C=O) groups is 1. The van der Waals surface area contributed by atoms with E-state index in [2.05, 4.69) is 4.98 Å². The summed E-state index contributed by atoms with van der Waals surface area (Å²) in [5.41, 5.74) is 2.55. The quantitative estimate of drug-likeness (QED) is 0.411. The maximum absolute atomic E-state index is 12.8. The lowest BCUT2D eigenvalue weighted by Gasteiger charge is -2.13. The van der Waals surface area contributed by atoms with Crippen LogP contribution in [0.5, 0.6) is 17.2 Å². The van der Waals surface area contributed by atoms with E-state index < -0.39 is 0 Å². The van der Waals surface area contributed by atoms with Gasteiger partial charge in [0, 0.05) is 6.20 Å². The predicted octanol–water partition coefficient (Wildman–Crippen LogP) is 4.80. The minimum absolute atomic E-state index is 0.147. The van der Waals surface area contributed by atoms with Crippen LogP contribution in [-0.4, -0.2) is 22.0 Å². The second-order valence-electron chi connectivity index (χ2n) is 6.77. The van der Waals surface area contributed by atoms with Gasteiger partial charge >= 0.3 is 0 Å². The van der Waals surface area contributed by atoms with Crippen molar-refractivity contribution in [3.8, 4) is 17.2 Å². The molecule has 154 valence electrons. The van der Waals surface area contributed by atoms with Crippen molar-refractivity contribution in [1.29, 1.82) is 0 Å². The van der Waals surface area contributed by atoms with E-state index in [1.165, 1.54) is 16.7 Å². The van der Waals surface area contributed by atoms with Gasteiger partial charge in [0.2, 0.25) is 6.79 Å². The van der Waals surface area contributed by atoms with Gasteiger partial charge in [-0.15, -0.1) is 0 Å². The standard InChI is InChI=1S/C23H16N2O4S2/c26-22-21(31-23(30)25(22)17-2-1-9-24-12-17)11-15-3-6-18(7-4-15)27-13-16-5-8-19-20(10-16)29-14-28-19/h1-12H,13-14H2/b21-11+. The number of benzene rings is 2. The molecule has 6 nitrogen and oxygen atoms in total. The number of pyridine rings is 1. The van der Waals surface area contributed by atoms with Gasteiger partial charge in [-0.25, -0.2) is 0 Å². The molecule has 2 aliphatic rings. The number of rotatable bonds is 5. The van der Waals surface area contributed by atoms with Crippen molar-refractivity contribution in [2.24, 2.45) is 0 Å². The van der Waals surface area contributed by atoms with Crippen LogP contribution in [0.2, 0.25) is 0 Å². The summed E-state index contributed by atoms with van der Waals surface area (Å²) in [5.74, 6) is 2.07. The molecule has 1 aromatic heterocycles. The Labute approximate surface area is 188 Å². The molecule has 2 aliphatic heterocycles. The SMILES string of the molecule is O=C1/C(=C\c2ccc(OCc3ccc4c(c3)OCO4)cc2)SC(=S)N1c1cccnc1. The minimum atomic E-state index is -0.147. The molecule has 8 heteroatoms. The van der Waals surface area contributed by atoms with E-state index in [1.54, 1.807) is 18.5 Å². The Kier molecular flexibility index (Phi) is 5.31. The number of thiocarbonyl (C=S) groups is 1. The largest absolute Gasteiger partial charge is 0.489 e. The topological polar surface area (TPSA) is 60.9 Å². The highest BCUT2D eigenvalue weighted by Gasteiger charge is 2.33. The number of carbonyl (C=O) groups excluding carboxylic acids is 1. The summed E-state index contributed by atoms with van der Waals surface area (Å²) < 4.78 is 17.1. The summed E-state index contributed by atoms with van der Waals surface area (Å²) in [6, 6.07) is 16.9. The molecule has 3 aromatic rings. The monoisotopic (exact) mass is 448 g/mol. The van der Waals surface area contributed by atoms with Gasteiger partial charge in [0.25, 0.3) is 5.91 Å². The molecule has 0 aliphatic carbocycles. The maximum Gasteiger partial charge on any atom is 0.270 e. The van der Waals surface area contributed by atoms with E-state index in [-0.39, 0.29) is 12.7 Å². The molecule has 1 amide bonds. The Bertz CT molecular complexity index is 1180. The Balaban J connectivity index is 1.25. The number of hydrogen-bond acceptors (Lipinski definition) is 7. The molecule has 31 heavy (non-hydrogen) atoms. The lowest BCUT2D eigenvalue weighted by molar-refractivity contribution is -0.113. The van der Waals surface area contributed by atoms with Crippen molar-refractivity contribution in [3.05, 3.63) is 83.0 Å². The van der Waals surface area contributed by atoms with Crippen molar-refractivity contribution in [3.63, 3.8) is 0 Å². The number of ether oxygens (including phenoxy) is 3. The number of aromatic nitrogens is 1. The van der Waals surface area contributed by atoms with Gasteiger partial charge in [-0.2, -0.15) is 0 Å². The zero-order chi connectivity index (χ0) is 21.2. The summed E-state index contributed by atoms with van der Waals surface area (Å²) in [4.78, 5) is 18.9. The Morgan fingerprint density at radius 3 is 2.77 bits per heavy atom. The number of amides is 1. The van der Waals surface area contributed by atoms with Gasteiger partial charge in [-0.3, -0.25) is 14.7 Å². The molecule has 0 bridgehead atoms. The van der Waals surface area contributed by atoms with Crippen LogP contribution in [0.15, 0.2) is 71.9 Å². The minimum Gasteiger partial charge on any atom is -0.489 e. The van der Waals surface area contributed by atoms with Crippen LogP contribution in [0.1, 0.15) is 11.1 Å². The van der Waals surface area contributed by atoms with Crippen molar-refractivity contribution in [1.82, 2.24) is 4.98 Å². The van der Waals surface area contributed by atoms with E-state index in [0.29, 0.717) is 21.5 Å². The molecule has 1 fully saturated rings. The van der Waals surface area contributed by atoms with Crippen LogP contribution in [0, 0.1) is 0 Å². The van der Waals surface area contributed by atoms with Crippen molar-refractivity contribution < 1.29 is 19.0 Å². The first kappa shape index (κ1) is 19.6. The van der Waals surface area contributed by atoms with E-state index in [0.717, 1.165) is 28.4 Å². The maximum atomic E-state index is 12.8. The molecule has 0 saturated carbocycles. The van der Waals surface area contributed by atoms with E-state index in [1.807, 2.05) is 54.6 Å². The number of fused-ring (bicyclic) bond motifs is 1. The summed E-state index contributed by atoms with van der Waals surface area (Å²) in [6.07, 6.45) is 5.12. The lowest BCUT2D eigenvalue weighted by Crippen LogP contribution is -2.27. The zero-order valence-electron chi connectivity index (χ0n) is 16.2. The summed E-state index contributed by atoms with van der Waals surface area (Å²) in [7, 11) is 0. The fourth-order valence-electron chi connectivity index (χ4n) is 3.19. The second-order valence-corrected chi connectivity index (χ2v) is 8.45. The first-order valence-electron chi connectivity index (χ1n) is 9.47. The first-order chi connectivity index (χ1) is 15.2. The van der Waals surface area contributed by atoms with Crippen LogP contribution in [0.3, 0.4) is 0 Å². The van der Waals surface area contributed by atoms with Gasteiger partial charge in [-0.05, 0) is 53.6 Å². The van der Waals surface area contributed by atoms with E-state index in [4.69, 9.17) is 26.4 Å². The molecule has 0 N–H and O–H groups in total. The molecular weight excluding hydrogens is 432 g/mol.